The smallest absolute Gasteiger partial charge is 0.341 e. The summed E-state index contributed by atoms with van der Waals surface area (Å²) in [5.41, 5.74) is 6.58. The van der Waals surface area contributed by atoms with Gasteiger partial charge in [-0.3, -0.25) is 0 Å². The van der Waals surface area contributed by atoms with Crippen LogP contribution >= 0.6 is 0 Å². The number of methoxy groups -OCH3 is 1. The van der Waals surface area contributed by atoms with Gasteiger partial charge >= 0.3 is 5.97 Å². The first kappa shape index (κ1) is 15.3. The summed E-state index contributed by atoms with van der Waals surface area (Å²) in [7, 11) is 1.36. The molecule has 0 bridgehead atoms. The highest BCUT2D eigenvalue weighted by atomic mass is 16.5. The second-order valence-electron chi connectivity index (χ2n) is 5.27. The highest BCUT2D eigenvalue weighted by molar-refractivity contribution is 5.95. The molecule has 0 aromatic carbocycles. The molecule has 1 rings (SSSR count). The highest BCUT2D eigenvalue weighted by Crippen LogP contribution is 2.23. The number of hydrogen-bond acceptors (Lipinski definition) is 5. The second kappa shape index (κ2) is 6.41. The maximum absolute atomic E-state index is 11.9. The quantitative estimate of drug-likeness (QED) is 0.827. The summed E-state index contributed by atoms with van der Waals surface area (Å²) in [5.74, 6) is 0.682. The molecule has 2 N–H and O–H groups in total. The molecule has 0 aliphatic rings. The SMILES string of the molecule is COC(=O)c1cc(N)cnc1N(CC(C)C)C(C)C. The van der Waals surface area contributed by atoms with Gasteiger partial charge in [-0.2, -0.15) is 0 Å². The van der Waals surface area contributed by atoms with Crippen molar-refractivity contribution >= 4 is 17.5 Å². The fraction of sp³-hybridized carbons (Fsp3) is 0.571. The Morgan fingerprint density at radius 1 is 1.42 bits per heavy atom. The van der Waals surface area contributed by atoms with E-state index in [9.17, 15) is 4.79 Å². The third kappa shape index (κ3) is 3.84. The van der Waals surface area contributed by atoms with Crippen molar-refractivity contribution in [3.8, 4) is 0 Å². The molecule has 0 saturated heterocycles. The summed E-state index contributed by atoms with van der Waals surface area (Å²) in [6.07, 6.45) is 1.57. The summed E-state index contributed by atoms with van der Waals surface area (Å²) in [5, 5.41) is 0. The van der Waals surface area contributed by atoms with Gasteiger partial charge in [0.1, 0.15) is 11.4 Å². The Bertz CT molecular complexity index is 444. The number of nitrogen functional groups attached to an aromatic ring is 1. The van der Waals surface area contributed by atoms with E-state index in [1.54, 1.807) is 12.3 Å². The number of aromatic nitrogens is 1. The Kier molecular flexibility index (Phi) is 5.15. The lowest BCUT2D eigenvalue weighted by molar-refractivity contribution is 0.0601. The number of nitrogens with zero attached hydrogens (tertiary/aromatic N) is 2. The third-order valence-electron chi connectivity index (χ3n) is 2.75. The zero-order valence-electron chi connectivity index (χ0n) is 12.3. The van der Waals surface area contributed by atoms with E-state index in [1.807, 2.05) is 0 Å². The largest absolute Gasteiger partial charge is 0.465 e. The second-order valence-corrected chi connectivity index (χ2v) is 5.27. The summed E-state index contributed by atoms with van der Waals surface area (Å²) < 4.78 is 4.81. The lowest BCUT2D eigenvalue weighted by Crippen LogP contribution is -2.36. The molecule has 5 nitrogen and oxygen atoms in total. The molecule has 1 aromatic heterocycles. The molecule has 0 aliphatic heterocycles. The van der Waals surface area contributed by atoms with Crippen LogP contribution in [0, 0.1) is 5.92 Å². The van der Waals surface area contributed by atoms with Crippen LogP contribution in [-0.2, 0) is 4.74 Å². The Labute approximate surface area is 114 Å². The first-order valence-electron chi connectivity index (χ1n) is 6.47. The van der Waals surface area contributed by atoms with E-state index >= 15 is 0 Å². The predicted octanol–water partition coefficient (Wildman–Crippen LogP) is 2.32. The van der Waals surface area contributed by atoms with E-state index in [0.717, 1.165) is 6.54 Å². The maximum Gasteiger partial charge on any atom is 0.341 e. The molecule has 5 heteroatoms. The van der Waals surface area contributed by atoms with Gasteiger partial charge in [0, 0.05) is 12.6 Å². The number of nitrogens with two attached hydrogens (primary N) is 1. The summed E-state index contributed by atoms with van der Waals surface area (Å²) >= 11 is 0. The molecule has 0 unspecified atom stereocenters. The molecule has 0 spiro atoms. The van der Waals surface area contributed by atoms with Crippen LogP contribution < -0.4 is 10.6 Å². The molecule has 106 valence electrons. The molecule has 0 radical (unpaired) electrons. The number of carbonyl (C=O) groups excluding carboxylic acids is 1. The monoisotopic (exact) mass is 265 g/mol. The van der Waals surface area contributed by atoms with Gasteiger partial charge in [-0.15, -0.1) is 0 Å². The normalized spacial score (nSPS) is 10.9. The van der Waals surface area contributed by atoms with E-state index < -0.39 is 5.97 Å². The van der Waals surface area contributed by atoms with Gasteiger partial charge in [0.2, 0.25) is 0 Å². The van der Waals surface area contributed by atoms with Gasteiger partial charge in [-0.25, -0.2) is 9.78 Å². The van der Waals surface area contributed by atoms with Gasteiger partial charge in [-0.1, -0.05) is 13.8 Å². The number of rotatable bonds is 5. The Morgan fingerprint density at radius 3 is 2.53 bits per heavy atom. The van der Waals surface area contributed by atoms with E-state index in [0.29, 0.717) is 23.0 Å². The fourth-order valence-electron chi connectivity index (χ4n) is 1.90. The average molecular weight is 265 g/mol. The predicted molar refractivity (Wildman–Crippen MR) is 77.3 cm³/mol. The Hall–Kier alpha value is -1.78. The number of esters is 1. The van der Waals surface area contributed by atoms with Crippen molar-refractivity contribution in [2.45, 2.75) is 33.7 Å². The van der Waals surface area contributed by atoms with Gasteiger partial charge in [0.15, 0.2) is 0 Å². The summed E-state index contributed by atoms with van der Waals surface area (Å²) in [6, 6.07) is 1.85. The molecule has 0 amide bonds. The van der Waals surface area contributed by atoms with Crippen molar-refractivity contribution in [1.29, 1.82) is 0 Å². The van der Waals surface area contributed by atoms with Crippen LogP contribution in [0.4, 0.5) is 11.5 Å². The summed E-state index contributed by atoms with van der Waals surface area (Å²) in [4.78, 5) is 18.3. The van der Waals surface area contributed by atoms with Crippen molar-refractivity contribution in [3.63, 3.8) is 0 Å². The topological polar surface area (TPSA) is 68.5 Å². The fourth-order valence-corrected chi connectivity index (χ4v) is 1.90. The molecule has 1 heterocycles. The molecular formula is C14H23N3O2. The highest BCUT2D eigenvalue weighted by Gasteiger charge is 2.21. The lowest BCUT2D eigenvalue weighted by Gasteiger charge is -2.30. The summed E-state index contributed by atoms with van der Waals surface area (Å²) in [6.45, 7) is 9.22. The van der Waals surface area contributed by atoms with Crippen LogP contribution in [0.15, 0.2) is 12.3 Å². The third-order valence-corrected chi connectivity index (χ3v) is 2.75. The average Bonchev–Trinajstić information content (AvgIpc) is 2.34. The number of ether oxygens (including phenoxy) is 1. The zero-order chi connectivity index (χ0) is 14.6. The van der Waals surface area contributed by atoms with Crippen LogP contribution in [0.1, 0.15) is 38.1 Å². The number of hydrogen-bond donors (Lipinski definition) is 1. The lowest BCUT2D eigenvalue weighted by atomic mass is 10.1. The van der Waals surface area contributed by atoms with Gasteiger partial charge in [0.25, 0.3) is 0 Å². The Balaban J connectivity index is 3.25. The van der Waals surface area contributed by atoms with Crippen molar-refractivity contribution < 1.29 is 9.53 Å². The minimum Gasteiger partial charge on any atom is -0.465 e. The van der Waals surface area contributed by atoms with Crippen LogP contribution in [0.25, 0.3) is 0 Å². The minimum atomic E-state index is -0.413. The molecular weight excluding hydrogens is 242 g/mol. The first-order valence-corrected chi connectivity index (χ1v) is 6.47. The zero-order valence-corrected chi connectivity index (χ0v) is 12.3. The number of carbonyl (C=O) groups is 1. The van der Waals surface area contributed by atoms with E-state index in [-0.39, 0.29) is 6.04 Å². The van der Waals surface area contributed by atoms with Crippen molar-refractivity contribution in [3.05, 3.63) is 17.8 Å². The van der Waals surface area contributed by atoms with Crippen LogP contribution in [0.5, 0.6) is 0 Å². The molecule has 0 saturated carbocycles. The van der Waals surface area contributed by atoms with Crippen molar-refractivity contribution in [2.75, 3.05) is 24.3 Å². The molecule has 0 fully saturated rings. The van der Waals surface area contributed by atoms with Crippen LogP contribution in [0.2, 0.25) is 0 Å². The van der Waals surface area contributed by atoms with Gasteiger partial charge in [0.05, 0.1) is 19.0 Å². The van der Waals surface area contributed by atoms with Crippen molar-refractivity contribution in [2.24, 2.45) is 5.92 Å². The molecule has 1 aromatic rings. The standard InChI is InChI=1S/C14H23N3O2/c1-9(2)8-17(10(3)4)13-12(14(18)19-5)6-11(15)7-16-13/h6-7,9-10H,8,15H2,1-5H3. The number of anilines is 2. The van der Waals surface area contributed by atoms with E-state index in [2.05, 4.69) is 37.6 Å². The van der Waals surface area contributed by atoms with E-state index in [1.165, 1.54) is 7.11 Å². The van der Waals surface area contributed by atoms with Gasteiger partial charge in [-0.05, 0) is 25.8 Å². The van der Waals surface area contributed by atoms with Crippen molar-refractivity contribution in [1.82, 2.24) is 4.98 Å². The minimum absolute atomic E-state index is 0.238. The van der Waals surface area contributed by atoms with E-state index in [4.69, 9.17) is 10.5 Å². The molecule has 0 aliphatic carbocycles. The van der Waals surface area contributed by atoms with Crippen LogP contribution in [0.3, 0.4) is 0 Å². The Morgan fingerprint density at radius 2 is 2.05 bits per heavy atom. The van der Waals surface area contributed by atoms with Crippen LogP contribution in [-0.4, -0.2) is 30.6 Å². The number of pyridine rings is 1. The maximum atomic E-state index is 11.9. The molecule has 19 heavy (non-hydrogen) atoms. The van der Waals surface area contributed by atoms with Gasteiger partial charge < -0.3 is 15.4 Å². The molecule has 0 atom stereocenters. The first-order chi connectivity index (χ1) is 8.86.